The molecule has 34 heavy (non-hydrogen) atoms. The van der Waals surface area contributed by atoms with Crippen molar-refractivity contribution in [1.29, 1.82) is 0 Å². The van der Waals surface area contributed by atoms with E-state index in [-0.39, 0.29) is 6.54 Å². The second-order valence-electron chi connectivity index (χ2n) is 8.41. The van der Waals surface area contributed by atoms with Crippen LogP contribution >= 0.6 is 0 Å². The minimum absolute atomic E-state index is 0.112. The lowest BCUT2D eigenvalue weighted by Crippen LogP contribution is -2.37. The number of benzene rings is 3. The van der Waals surface area contributed by atoms with Crippen LogP contribution in [0.1, 0.15) is 29.2 Å². The SMILES string of the molecule is CCOc1ccc(C2=C(N3CCc4ccccc4C3)C(=O)N(Cc3ccccc3F)C2=O)cc1. The number of carbonyl (C=O) groups excluding carboxylic acids is 2. The van der Waals surface area contributed by atoms with Gasteiger partial charge in [0.2, 0.25) is 0 Å². The summed E-state index contributed by atoms with van der Waals surface area (Å²) in [5.41, 5.74) is 4.07. The summed E-state index contributed by atoms with van der Waals surface area (Å²) in [6, 6.07) is 21.6. The molecule has 0 aromatic heterocycles. The minimum atomic E-state index is -0.439. The molecule has 5 nitrogen and oxygen atoms in total. The van der Waals surface area contributed by atoms with Gasteiger partial charge in [-0.1, -0.05) is 54.6 Å². The third-order valence-electron chi connectivity index (χ3n) is 6.33. The van der Waals surface area contributed by atoms with E-state index in [1.54, 1.807) is 42.5 Å². The fraction of sp³-hybridized carbons (Fsp3) is 0.214. The lowest BCUT2D eigenvalue weighted by atomic mass is 9.98. The summed E-state index contributed by atoms with van der Waals surface area (Å²) in [6.07, 6.45) is 0.783. The zero-order valence-electron chi connectivity index (χ0n) is 19.0. The van der Waals surface area contributed by atoms with Gasteiger partial charge in [0.05, 0.1) is 18.7 Å². The predicted octanol–water partition coefficient (Wildman–Crippen LogP) is 4.56. The number of fused-ring (bicyclic) bond motifs is 1. The molecule has 2 heterocycles. The summed E-state index contributed by atoms with van der Waals surface area (Å²) in [6.45, 7) is 3.49. The van der Waals surface area contributed by atoms with Gasteiger partial charge in [0, 0.05) is 18.7 Å². The molecule has 0 fully saturated rings. The smallest absolute Gasteiger partial charge is 0.278 e. The van der Waals surface area contributed by atoms with E-state index in [2.05, 4.69) is 12.1 Å². The molecule has 0 saturated heterocycles. The molecule has 3 aromatic rings. The molecule has 2 aliphatic rings. The predicted molar refractivity (Wildman–Crippen MR) is 127 cm³/mol. The van der Waals surface area contributed by atoms with Gasteiger partial charge in [0.1, 0.15) is 17.3 Å². The highest BCUT2D eigenvalue weighted by Gasteiger charge is 2.42. The van der Waals surface area contributed by atoms with E-state index in [9.17, 15) is 14.0 Å². The quantitative estimate of drug-likeness (QED) is 0.510. The highest BCUT2D eigenvalue weighted by atomic mass is 19.1. The van der Waals surface area contributed by atoms with E-state index >= 15 is 0 Å². The zero-order valence-corrected chi connectivity index (χ0v) is 19.0. The van der Waals surface area contributed by atoms with Crippen molar-refractivity contribution in [2.24, 2.45) is 0 Å². The molecule has 172 valence electrons. The number of nitrogens with zero attached hydrogens (tertiary/aromatic N) is 2. The largest absolute Gasteiger partial charge is 0.494 e. The molecule has 0 bridgehead atoms. The van der Waals surface area contributed by atoms with E-state index in [4.69, 9.17) is 4.74 Å². The third kappa shape index (κ3) is 3.96. The average molecular weight is 457 g/mol. The van der Waals surface area contributed by atoms with Crippen molar-refractivity contribution in [3.05, 3.63) is 107 Å². The molecule has 0 radical (unpaired) electrons. The number of hydrogen-bond acceptors (Lipinski definition) is 4. The topological polar surface area (TPSA) is 49.9 Å². The molecule has 0 atom stereocenters. The minimum Gasteiger partial charge on any atom is -0.494 e. The van der Waals surface area contributed by atoms with E-state index in [0.29, 0.717) is 47.8 Å². The van der Waals surface area contributed by atoms with Crippen molar-refractivity contribution in [2.45, 2.75) is 26.4 Å². The van der Waals surface area contributed by atoms with Crippen LogP contribution in [0, 0.1) is 5.82 Å². The first-order valence-corrected chi connectivity index (χ1v) is 11.5. The van der Waals surface area contributed by atoms with Crippen molar-refractivity contribution in [1.82, 2.24) is 9.80 Å². The van der Waals surface area contributed by atoms with Gasteiger partial charge < -0.3 is 9.64 Å². The van der Waals surface area contributed by atoms with Crippen LogP contribution in [-0.2, 0) is 29.1 Å². The number of halogens is 1. The normalized spacial score (nSPS) is 15.7. The number of amides is 2. The molecule has 2 aliphatic heterocycles. The number of ether oxygens (including phenoxy) is 1. The van der Waals surface area contributed by atoms with E-state index in [1.165, 1.54) is 11.6 Å². The zero-order chi connectivity index (χ0) is 23.7. The monoisotopic (exact) mass is 456 g/mol. The maximum absolute atomic E-state index is 14.4. The lowest BCUT2D eigenvalue weighted by molar-refractivity contribution is -0.138. The van der Waals surface area contributed by atoms with Crippen molar-refractivity contribution in [2.75, 3.05) is 13.2 Å². The molecule has 0 saturated carbocycles. The fourth-order valence-corrected chi connectivity index (χ4v) is 4.63. The maximum atomic E-state index is 14.4. The first kappa shape index (κ1) is 21.9. The second kappa shape index (κ2) is 9.14. The summed E-state index contributed by atoms with van der Waals surface area (Å²) >= 11 is 0. The van der Waals surface area contributed by atoms with Crippen molar-refractivity contribution < 1.29 is 18.7 Å². The first-order chi connectivity index (χ1) is 16.6. The van der Waals surface area contributed by atoms with Crippen molar-refractivity contribution in [3.8, 4) is 5.75 Å². The number of hydrogen-bond donors (Lipinski definition) is 0. The Morgan fingerprint density at radius 2 is 1.59 bits per heavy atom. The van der Waals surface area contributed by atoms with Gasteiger partial charge in [-0.3, -0.25) is 14.5 Å². The van der Waals surface area contributed by atoms with Crippen LogP contribution < -0.4 is 4.74 Å². The van der Waals surface area contributed by atoms with Crippen LogP contribution in [-0.4, -0.2) is 34.8 Å². The van der Waals surface area contributed by atoms with Crippen molar-refractivity contribution >= 4 is 17.4 Å². The molecular formula is C28H25FN2O3. The van der Waals surface area contributed by atoms with Crippen LogP contribution in [0.5, 0.6) is 5.75 Å². The Morgan fingerprint density at radius 1 is 0.882 bits per heavy atom. The Hall–Kier alpha value is -3.93. The van der Waals surface area contributed by atoms with Gasteiger partial charge in [-0.2, -0.15) is 0 Å². The van der Waals surface area contributed by atoms with Crippen molar-refractivity contribution in [3.63, 3.8) is 0 Å². The Bertz CT molecular complexity index is 1280. The number of rotatable bonds is 6. The Balaban J connectivity index is 1.55. The van der Waals surface area contributed by atoms with Crippen LogP contribution in [0.2, 0.25) is 0 Å². The molecule has 2 amide bonds. The van der Waals surface area contributed by atoms with Crippen LogP contribution in [0.3, 0.4) is 0 Å². The molecule has 0 N–H and O–H groups in total. The Morgan fingerprint density at radius 3 is 2.32 bits per heavy atom. The van der Waals surface area contributed by atoms with Crippen LogP contribution in [0.4, 0.5) is 4.39 Å². The number of imide groups is 1. The van der Waals surface area contributed by atoms with Gasteiger partial charge >= 0.3 is 0 Å². The Labute approximate surface area is 198 Å². The van der Waals surface area contributed by atoms with Gasteiger partial charge in [-0.25, -0.2) is 4.39 Å². The standard InChI is InChI=1S/C28H25FN2O3/c1-2-34-23-13-11-20(12-14-23)25-26(30-16-15-19-7-3-4-8-21(19)17-30)28(33)31(27(25)32)18-22-9-5-6-10-24(22)29/h3-14H,2,15-18H2,1H3. The van der Waals surface area contributed by atoms with Crippen LogP contribution in [0.25, 0.3) is 5.57 Å². The summed E-state index contributed by atoms with van der Waals surface area (Å²) in [5, 5.41) is 0. The van der Waals surface area contributed by atoms with E-state index in [1.807, 2.05) is 24.0 Å². The second-order valence-corrected chi connectivity index (χ2v) is 8.41. The summed E-state index contributed by atoms with van der Waals surface area (Å²) in [7, 11) is 0. The summed E-state index contributed by atoms with van der Waals surface area (Å²) in [5.74, 6) is -0.547. The molecule has 0 aliphatic carbocycles. The average Bonchev–Trinajstić information content (AvgIpc) is 3.10. The van der Waals surface area contributed by atoms with E-state index in [0.717, 1.165) is 16.9 Å². The molecule has 0 unspecified atom stereocenters. The molecular weight excluding hydrogens is 431 g/mol. The highest BCUT2D eigenvalue weighted by Crippen LogP contribution is 2.35. The van der Waals surface area contributed by atoms with E-state index < -0.39 is 17.6 Å². The Kier molecular flexibility index (Phi) is 5.88. The maximum Gasteiger partial charge on any atom is 0.278 e. The summed E-state index contributed by atoms with van der Waals surface area (Å²) in [4.78, 5) is 30.4. The van der Waals surface area contributed by atoms with Gasteiger partial charge in [-0.05, 0) is 48.2 Å². The van der Waals surface area contributed by atoms with Gasteiger partial charge in [0.15, 0.2) is 0 Å². The van der Waals surface area contributed by atoms with Gasteiger partial charge in [0.25, 0.3) is 11.8 Å². The summed E-state index contributed by atoms with van der Waals surface area (Å²) < 4.78 is 19.9. The lowest BCUT2D eigenvalue weighted by Gasteiger charge is -2.31. The molecule has 0 spiro atoms. The molecule has 6 heteroatoms. The highest BCUT2D eigenvalue weighted by molar-refractivity contribution is 6.35. The van der Waals surface area contributed by atoms with Gasteiger partial charge in [-0.15, -0.1) is 0 Å². The fourth-order valence-electron chi connectivity index (χ4n) is 4.63. The van der Waals surface area contributed by atoms with Crippen LogP contribution in [0.15, 0.2) is 78.5 Å². The third-order valence-corrected chi connectivity index (χ3v) is 6.33. The first-order valence-electron chi connectivity index (χ1n) is 11.5. The molecule has 5 rings (SSSR count). The molecule has 3 aromatic carbocycles. The number of carbonyl (C=O) groups is 2.